The van der Waals surface area contributed by atoms with E-state index in [1.54, 1.807) is 35.3 Å². The van der Waals surface area contributed by atoms with Crippen molar-refractivity contribution in [2.24, 2.45) is 0 Å². The molecule has 0 radical (unpaired) electrons. The minimum absolute atomic E-state index is 0.327. The molecule has 0 spiro atoms. The zero-order valence-electron chi connectivity index (χ0n) is 15.6. The van der Waals surface area contributed by atoms with E-state index >= 15 is 0 Å². The first kappa shape index (κ1) is 19.6. The summed E-state index contributed by atoms with van der Waals surface area (Å²) in [7, 11) is 0. The Morgan fingerprint density at radius 2 is 1.90 bits per heavy atom. The maximum Gasteiger partial charge on any atom is 0.415 e. The number of H-pyrrole nitrogens is 1. The van der Waals surface area contributed by atoms with Crippen molar-refractivity contribution < 1.29 is 9.53 Å². The number of carbonyl (C=O) groups is 1. The van der Waals surface area contributed by atoms with E-state index in [0.29, 0.717) is 37.0 Å². The minimum Gasteiger partial charge on any atom is -0.410 e. The number of nitrogens with one attached hydrogen (secondary N) is 1. The SMILES string of the molecule is O=C(Oc1ccc(CSc2ncc[nH]2)cc1)N1CCN(c2ccc(Cl)cn2)CC1. The van der Waals surface area contributed by atoms with Crippen LogP contribution in [0.2, 0.25) is 5.02 Å². The predicted octanol–water partition coefficient (Wildman–Crippen LogP) is 4.07. The lowest BCUT2D eigenvalue weighted by atomic mass is 10.2. The highest BCUT2D eigenvalue weighted by molar-refractivity contribution is 7.98. The molecule has 1 aromatic carbocycles. The number of hydrogen-bond donors (Lipinski definition) is 1. The summed E-state index contributed by atoms with van der Waals surface area (Å²) in [5, 5.41) is 1.50. The van der Waals surface area contributed by atoms with Crippen LogP contribution < -0.4 is 9.64 Å². The number of thioether (sulfide) groups is 1. The Balaban J connectivity index is 1.25. The van der Waals surface area contributed by atoms with Crippen molar-refractivity contribution in [2.75, 3.05) is 31.1 Å². The molecule has 1 aliphatic heterocycles. The van der Waals surface area contributed by atoms with Gasteiger partial charge in [0.05, 0.1) is 5.02 Å². The summed E-state index contributed by atoms with van der Waals surface area (Å²) in [6.07, 6.45) is 4.84. The molecule has 3 aromatic rings. The van der Waals surface area contributed by atoms with Gasteiger partial charge in [0.2, 0.25) is 0 Å². The molecular formula is C20H20ClN5O2S. The third-order valence-corrected chi connectivity index (χ3v) is 5.75. The normalized spacial score (nSPS) is 14.1. The number of imidazole rings is 1. The molecule has 1 aliphatic rings. The summed E-state index contributed by atoms with van der Waals surface area (Å²) in [6, 6.07) is 11.3. The second kappa shape index (κ2) is 9.19. The van der Waals surface area contributed by atoms with Crippen molar-refractivity contribution in [3.63, 3.8) is 0 Å². The van der Waals surface area contributed by atoms with E-state index < -0.39 is 0 Å². The maximum absolute atomic E-state index is 12.5. The lowest BCUT2D eigenvalue weighted by Crippen LogP contribution is -2.49. The second-order valence-electron chi connectivity index (χ2n) is 6.50. The van der Waals surface area contributed by atoms with Gasteiger partial charge in [-0.15, -0.1) is 0 Å². The highest BCUT2D eigenvalue weighted by atomic mass is 35.5. The highest BCUT2D eigenvalue weighted by Gasteiger charge is 2.23. The predicted molar refractivity (Wildman–Crippen MR) is 114 cm³/mol. The van der Waals surface area contributed by atoms with E-state index in [1.165, 1.54) is 0 Å². The van der Waals surface area contributed by atoms with Crippen LogP contribution in [0.4, 0.5) is 10.6 Å². The van der Waals surface area contributed by atoms with Crippen molar-refractivity contribution >= 4 is 35.3 Å². The van der Waals surface area contributed by atoms with Crippen LogP contribution in [0.15, 0.2) is 60.1 Å². The summed E-state index contributed by atoms with van der Waals surface area (Å²) in [5.41, 5.74) is 1.13. The molecule has 0 saturated carbocycles. The first-order chi connectivity index (χ1) is 14.2. The van der Waals surface area contributed by atoms with Gasteiger partial charge in [-0.2, -0.15) is 0 Å². The third kappa shape index (κ3) is 5.21. The highest BCUT2D eigenvalue weighted by Crippen LogP contribution is 2.22. The van der Waals surface area contributed by atoms with Crippen molar-refractivity contribution in [1.82, 2.24) is 19.9 Å². The summed E-state index contributed by atoms with van der Waals surface area (Å²) in [4.78, 5) is 27.9. The Morgan fingerprint density at radius 1 is 1.10 bits per heavy atom. The molecule has 1 saturated heterocycles. The number of pyridine rings is 1. The quantitative estimate of drug-likeness (QED) is 0.616. The number of halogens is 1. The van der Waals surface area contributed by atoms with Crippen LogP contribution in [0, 0.1) is 0 Å². The Morgan fingerprint density at radius 3 is 2.55 bits per heavy atom. The van der Waals surface area contributed by atoms with Crippen LogP contribution >= 0.6 is 23.4 Å². The lowest BCUT2D eigenvalue weighted by molar-refractivity contribution is 0.149. The molecule has 29 heavy (non-hydrogen) atoms. The molecule has 0 bridgehead atoms. The van der Waals surface area contributed by atoms with Crippen molar-refractivity contribution in [1.29, 1.82) is 0 Å². The van der Waals surface area contributed by atoms with Crippen LogP contribution in [0.5, 0.6) is 5.75 Å². The number of amides is 1. The molecular weight excluding hydrogens is 410 g/mol. The fourth-order valence-electron chi connectivity index (χ4n) is 2.97. The van der Waals surface area contributed by atoms with Crippen molar-refractivity contribution in [3.8, 4) is 5.75 Å². The average molecular weight is 430 g/mol. The fourth-order valence-corrected chi connectivity index (χ4v) is 3.87. The zero-order valence-corrected chi connectivity index (χ0v) is 17.2. The number of ether oxygens (including phenoxy) is 1. The first-order valence-corrected chi connectivity index (χ1v) is 10.6. The third-order valence-electron chi connectivity index (χ3n) is 4.55. The number of benzene rings is 1. The van der Waals surface area contributed by atoms with Gasteiger partial charge in [-0.25, -0.2) is 14.8 Å². The molecule has 0 atom stereocenters. The van der Waals surface area contributed by atoms with Gasteiger partial charge in [0, 0.05) is 50.5 Å². The fraction of sp³-hybridized carbons (Fsp3) is 0.250. The Hall–Kier alpha value is -2.71. The van der Waals surface area contributed by atoms with Gasteiger partial charge in [0.1, 0.15) is 11.6 Å². The van der Waals surface area contributed by atoms with Crippen LogP contribution in [-0.2, 0) is 5.75 Å². The van der Waals surface area contributed by atoms with Crippen molar-refractivity contribution in [3.05, 3.63) is 65.6 Å². The van der Waals surface area contributed by atoms with Crippen LogP contribution in [0.25, 0.3) is 0 Å². The van der Waals surface area contributed by atoms with Gasteiger partial charge in [-0.1, -0.05) is 35.5 Å². The summed E-state index contributed by atoms with van der Waals surface area (Å²) >= 11 is 7.51. The molecule has 9 heteroatoms. The smallest absolute Gasteiger partial charge is 0.410 e. The van der Waals surface area contributed by atoms with Gasteiger partial charge in [0.15, 0.2) is 5.16 Å². The number of rotatable bonds is 5. The van der Waals surface area contributed by atoms with Crippen LogP contribution in [0.3, 0.4) is 0 Å². The molecule has 7 nitrogen and oxygen atoms in total. The molecule has 1 amide bonds. The number of piperazine rings is 1. The van der Waals surface area contributed by atoms with E-state index in [-0.39, 0.29) is 6.09 Å². The van der Waals surface area contributed by atoms with Crippen molar-refractivity contribution in [2.45, 2.75) is 10.9 Å². The summed E-state index contributed by atoms with van der Waals surface area (Å²) < 4.78 is 5.53. The molecule has 1 N–H and O–H groups in total. The van der Waals surface area contributed by atoms with E-state index in [9.17, 15) is 4.79 Å². The number of aromatic amines is 1. The number of nitrogens with zero attached hydrogens (tertiary/aromatic N) is 4. The minimum atomic E-state index is -0.327. The molecule has 2 aromatic heterocycles. The number of aromatic nitrogens is 3. The second-order valence-corrected chi connectivity index (χ2v) is 7.90. The van der Waals surface area contributed by atoms with E-state index in [2.05, 4.69) is 19.9 Å². The van der Waals surface area contributed by atoms with Gasteiger partial charge < -0.3 is 19.5 Å². The topological polar surface area (TPSA) is 74.3 Å². The Kier molecular flexibility index (Phi) is 6.21. The zero-order chi connectivity index (χ0) is 20.1. The molecule has 1 fully saturated rings. The largest absolute Gasteiger partial charge is 0.415 e. The molecule has 150 valence electrons. The maximum atomic E-state index is 12.5. The van der Waals surface area contributed by atoms with Crippen LogP contribution in [-0.4, -0.2) is 52.1 Å². The molecule has 4 rings (SSSR count). The lowest BCUT2D eigenvalue weighted by Gasteiger charge is -2.34. The molecule has 0 aliphatic carbocycles. The number of anilines is 1. The van der Waals surface area contributed by atoms with Gasteiger partial charge in [0.25, 0.3) is 0 Å². The van der Waals surface area contributed by atoms with Crippen LogP contribution in [0.1, 0.15) is 5.56 Å². The van der Waals surface area contributed by atoms with Gasteiger partial charge in [-0.05, 0) is 29.8 Å². The van der Waals surface area contributed by atoms with Gasteiger partial charge >= 0.3 is 6.09 Å². The number of carbonyl (C=O) groups excluding carboxylic acids is 1. The Labute approximate surface area is 178 Å². The number of hydrogen-bond acceptors (Lipinski definition) is 6. The first-order valence-electron chi connectivity index (χ1n) is 9.22. The average Bonchev–Trinajstić information content (AvgIpc) is 3.28. The summed E-state index contributed by atoms with van der Waals surface area (Å²) in [5.74, 6) is 2.21. The van der Waals surface area contributed by atoms with Gasteiger partial charge in [-0.3, -0.25) is 0 Å². The standard InChI is InChI=1S/C20H20ClN5O2S/c21-16-3-6-18(24-13-16)25-9-11-26(12-10-25)20(27)28-17-4-1-15(2-5-17)14-29-19-22-7-8-23-19/h1-8,13H,9-12,14H2,(H,22,23). The Bertz CT molecular complexity index is 927. The molecule has 0 unspecified atom stereocenters. The monoisotopic (exact) mass is 429 g/mol. The van der Waals surface area contributed by atoms with E-state index in [1.807, 2.05) is 36.4 Å². The molecule has 3 heterocycles. The van der Waals surface area contributed by atoms with E-state index in [0.717, 1.165) is 22.3 Å². The van der Waals surface area contributed by atoms with E-state index in [4.69, 9.17) is 16.3 Å². The summed E-state index contributed by atoms with van der Waals surface area (Å²) in [6.45, 7) is 2.57.